The zero-order valence-electron chi connectivity index (χ0n) is 11.5. The first-order valence-corrected chi connectivity index (χ1v) is 7.08. The smallest absolute Gasteiger partial charge is 0.342 e. The molecular formula is C14H17N3O4. The maximum absolute atomic E-state index is 11.2. The van der Waals surface area contributed by atoms with Crippen molar-refractivity contribution in [1.29, 1.82) is 0 Å². The molecule has 112 valence electrons. The third kappa shape index (κ3) is 2.56. The number of aromatic carboxylic acids is 1. The molecule has 2 saturated heterocycles. The lowest BCUT2D eigenvalue weighted by Crippen LogP contribution is -2.33. The van der Waals surface area contributed by atoms with Gasteiger partial charge in [-0.25, -0.2) is 4.79 Å². The van der Waals surface area contributed by atoms with E-state index in [1.807, 2.05) is 0 Å². The van der Waals surface area contributed by atoms with Gasteiger partial charge < -0.3 is 10.4 Å². The second-order valence-electron chi connectivity index (χ2n) is 5.58. The summed E-state index contributed by atoms with van der Waals surface area (Å²) in [6.07, 6.45) is 3.37. The molecule has 3 rings (SSSR count). The number of carboxylic acids is 1. The van der Waals surface area contributed by atoms with Crippen LogP contribution in [0.1, 0.15) is 29.6 Å². The highest BCUT2D eigenvalue weighted by Crippen LogP contribution is 2.31. The lowest BCUT2D eigenvalue weighted by atomic mass is 10.1. The Morgan fingerprint density at radius 3 is 2.90 bits per heavy atom. The fourth-order valence-corrected chi connectivity index (χ4v) is 3.42. The van der Waals surface area contributed by atoms with Gasteiger partial charge in [0.05, 0.1) is 4.92 Å². The van der Waals surface area contributed by atoms with Crippen molar-refractivity contribution in [2.75, 3.05) is 18.4 Å². The Kier molecular flexibility index (Phi) is 3.50. The molecule has 0 aromatic heterocycles. The van der Waals surface area contributed by atoms with E-state index in [4.69, 9.17) is 5.11 Å². The topological polar surface area (TPSA) is 95.7 Å². The van der Waals surface area contributed by atoms with Gasteiger partial charge in [-0.2, -0.15) is 0 Å². The summed E-state index contributed by atoms with van der Waals surface area (Å²) >= 11 is 0. The molecule has 1 aromatic carbocycles. The molecule has 2 aliphatic rings. The summed E-state index contributed by atoms with van der Waals surface area (Å²) in [6, 6.07) is 4.98. The van der Waals surface area contributed by atoms with Gasteiger partial charge in [-0.1, -0.05) is 0 Å². The number of anilines is 1. The summed E-state index contributed by atoms with van der Waals surface area (Å²) < 4.78 is 0. The van der Waals surface area contributed by atoms with Gasteiger partial charge in [-0.15, -0.1) is 0 Å². The van der Waals surface area contributed by atoms with Crippen LogP contribution in [0.5, 0.6) is 0 Å². The Labute approximate surface area is 121 Å². The van der Waals surface area contributed by atoms with Crippen molar-refractivity contribution in [2.45, 2.75) is 31.3 Å². The Hall–Kier alpha value is -2.15. The molecule has 2 aliphatic heterocycles. The van der Waals surface area contributed by atoms with E-state index in [1.165, 1.54) is 18.6 Å². The molecular weight excluding hydrogens is 274 g/mol. The molecule has 0 bridgehead atoms. The number of hydrogen-bond acceptors (Lipinski definition) is 5. The second kappa shape index (κ2) is 5.33. The zero-order valence-corrected chi connectivity index (χ0v) is 11.5. The Morgan fingerprint density at radius 1 is 1.38 bits per heavy atom. The number of nitrogens with one attached hydrogen (secondary N) is 1. The highest BCUT2D eigenvalue weighted by Gasteiger charge is 2.37. The third-order valence-electron chi connectivity index (χ3n) is 4.38. The predicted molar refractivity (Wildman–Crippen MR) is 76.7 cm³/mol. The maximum Gasteiger partial charge on any atom is 0.342 e. The molecule has 2 fully saturated rings. The molecule has 2 unspecified atom stereocenters. The minimum Gasteiger partial charge on any atom is -0.477 e. The van der Waals surface area contributed by atoms with Crippen molar-refractivity contribution in [2.24, 2.45) is 0 Å². The summed E-state index contributed by atoms with van der Waals surface area (Å²) in [5.41, 5.74) is -0.00927. The van der Waals surface area contributed by atoms with Crippen LogP contribution in [0.15, 0.2) is 18.2 Å². The van der Waals surface area contributed by atoms with Crippen LogP contribution in [0.2, 0.25) is 0 Å². The third-order valence-corrected chi connectivity index (χ3v) is 4.38. The lowest BCUT2D eigenvalue weighted by Gasteiger charge is -2.22. The molecule has 0 spiro atoms. The fourth-order valence-electron chi connectivity index (χ4n) is 3.42. The number of nitro benzene ring substituents is 1. The molecule has 2 heterocycles. The number of nitrogens with zero attached hydrogens (tertiary/aromatic N) is 2. The first kappa shape index (κ1) is 13.8. The van der Waals surface area contributed by atoms with Crippen LogP contribution >= 0.6 is 0 Å². The van der Waals surface area contributed by atoms with E-state index in [0.29, 0.717) is 11.7 Å². The van der Waals surface area contributed by atoms with Crippen LogP contribution in [0, 0.1) is 10.1 Å². The van der Waals surface area contributed by atoms with Crippen LogP contribution in [0.3, 0.4) is 0 Å². The molecule has 21 heavy (non-hydrogen) atoms. The van der Waals surface area contributed by atoms with E-state index < -0.39 is 10.9 Å². The zero-order chi connectivity index (χ0) is 15.0. The predicted octanol–water partition coefficient (Wildman–Crippen LogP) is 1.94. The summed E-state index contributed by atoms with van der Waals surface area (Å²) in [5.74, 6) is -1.28. The van der Waals surface area contributed by atoms with Gasteiger partial charge in [0.1, 0.15) is 5.56 Å². The van der Waals surface area contributed by atoms with Crippen molar-refractivity contribution >= 4 is 17.3 Å². The van der Waals surface area contributed by atoms with Crippen molar-refractivity contribution in [1.82, 2.24) is 4.90 Å². The van der Waals surface area contributed by atoms with Crippen LogP contribution in [0.4, 0.5) is 11.4 Å². The van der Waals surface area contributed by atoms with E-state index >= 15 is 0 Å². The SMILES string of the molecule is O=C(O)c1cc(NC2CCN3CCCC23)ccc1[N+](=O)[O-]. The van der Waals surface area contributed by atoms with Crippen LogP contribution < -0.4 is 5.32 Å². The lowest BCUT2D eigenvalue weighted by molar-refractivity contribution is -0.385. The van der Waals surface area contributed by atoms with E-state index in [0.717, 1.165) is 25.9 Å². The van der Waals surface area contributed by atoms with E-state index in [9.17, 15) is 14.9 Å². The van der Waals surface area contributed by atoms with Crippen molar-refractivity contribution in [3.8, 4) is 0 Å². The van der Waals surface area contributed by atoms with Gasteiger partial charge in [0.2, 0.25) is 0 Å². The van der Waals surface area contributed by atoms with Crippen molar-refractivity contribution in [3.63, 3.8) is 0 Å². The summed E-state index contributed by atoms with van der Waals surface area (Å²) in [4.78, 5) is 23.8. The quantitative estimate of drug-likeness (QED) is 0.650. The number of benzene rings is 1. The van der Waals surface area contributed by atoms with Gasteiger partial charge in [-0.3, -0.25) is 15.0 Å². The van der Waals surface area contributed by atoms with Crippen LogP contribution in [-0.4, -0.2) is 46.1 Å². The number of hydrogen-bond donors (Lipinski definition) is 2. The average molecular weight is 291 g/mol. The minimum atomic E-state index is -1.28. The largest absolute Gasteiger partial charge is 0.477 e. The van der Waals surface area contributed by atoms with E-state index in [-0.39, 0.29) is 17.3 Å². The molecule has 1 aromatic rings. The molecule has 0 saturated carbocycles. The molecule has 0 radical (unpaired) electrons. The first-order chi connectivity index (χ1) is 10.1. The van der Waals surface area contributed by atoms with Crippen molar-refractivity contribution < 1.29 is 14.8 Å². The second-order valence-corrected chi connectivity index (χ2v) is 5.58. The summed E-state index contributed by atoms with van der Waals surface area (Å²) in [6.45, 7) is 2.19. The van der Waals surface area contributed by atoms with Gasteiger partial charge in [0, 0.05) is 30.4 Å². The maximum atomic E-state index is 11.2. The normalized spacial score (nSPS) is 24.8. The number of carbonyl (C=O) groups is 1. The highest BCUT2D eigenvalue weighted by atomic mass is 16.6. The van der Waals surface area contributed by atoms with Crippen LogP contribution in [0.25, 0.3) is 0 Å². The van der Waals surface area contributed by atoms with Gasteiger partial charge >= 0.3 is 5.97 Å². The van der Waals surface area contributed by atoms with Crippen molar-refractivity contribution in [3.05, 3.63) is 33.9 Å². The number of rotatable bonds is 4. The van der Waals surface area contributed by atoms with Gasteiger partial charge in [0.15, 0.2) is 0 Å². The summed E-state index contributed by atoms with van der Waals surface area (Å²) in [7, 11) is 0. The molecule has 7 nitrogen and oxygen atoms in total. The Morgan fingerprint density at radius 2 is 2.19 bits per heavy atom. The average Bonchev–Trinajstić information content (AvgIpc) is 3.03. The number of nitro groups is 1. The Bertz CT molecular complexity index is 590. The summed E-state index contributed by atoms with van der Waals surface area (Å²) in [5, 5.41) is 23.3. The monoisotopic (exact) mass is 291 g/mol. The highest BCUT2D eigenvalue weighted by molar-refractivity contribution is 5.93. The minimum absolute atomic E-state index is 0.272. The molecule has 2 atom stereocenters. The standard InChI is InChI=1S/C14H17N3O4/c18-14(19)10-8-9(3-4-12(10)17(20)21)15-11-5-7-16-6-1-2-13(11)16/h3-4,8,11,13,15H,1-2,5-7H2,(H,18,19). The van der Waals surface area contributed by atoms with E-state index in [1.54, 1.807) is 6.07 Å². The molecule has 2 N–H and O–H groups in total. The molecule has 0 amide bonds. The number of carboxylic acid groups (broad SMARTS) is 1. The fraction of sp³-hybridized carbons (Fsp3) is 0.500. The number of fused-ring (bicyclic) bond motifs is 1. The van der Waals surface area contributed by atoms with Gasteiger partial charge in [-0.05, 0) is 37.9 Å². The van der Waals surface area contributed by atoms with Crippen LogP contribution in [-0.2, 0) is 0 Å². The van der Waals surface area contributed by atoms with Gasteiger partial charge in [0.25, 0.3) is 5.69 Å². The Balaban J connectivity index is 1.81. The molecule has 7 heteroatoms. The van der Waals surface area contributed by atoms with E-state index in [2.05, 4.69) is 10.2 Å². The molecule has 0 aliphatic carbocycles. The first-order valence-electron chi connectivity index (χ1n) is 7.08.